The minimum Gasteiger partial charge on any atom is -0.494 e. The molecular weight excluding hydrogens is 260 g/mol. The first-order valence-electron chi connectivity index (χ1n) is 6.36. The Hall–Kier alpha value is -2.24. The van der Waals surface area contributed by atoms with E-state index in [1.54, 1.807) is 38.1 Å². The van der Waals surface area contributed by atoms with Crippen LogP contribution >= 0.6 is 0 Å². The lowest BCUT2D eigenvalue weighted by Crippen LogP contribution is -2.46. The van der Waals surface area contributed by atoms with Crippen LogP contribution in [0, 0.1) is 0 Å². The second kappa shape index (κ2) is 6.79. The summed E-state index contributed by atoms with van der Waals surface area (Å²) in [6.07, 6.45) is -0.153. The molecule has 0 heterocycles. The first-order valence-corrected chi connectivity index (χ1v) is 6.36. The Kier molecular flexibility index (Phi) is 5.37. The number of carboxylic acid groups (broad SMARTS) is 1. The third kappa shape index (κ3) is 5.60. The average Bonchev–Trinajstić information content (AvgIpc) is 2.26. The van der Waals surface area contributed by atoms with Crippen LogP contribution in [-0.4, -0.2) is 29.3 Å². The van der Waals surface area contributed by atoms with Gasteiger partial charge in [0.2, 0.25) is 0 Å². The Morgan fingerprint density at radius 3 is 2.65 bits per heavy atom. The van der Waals surface area contributed by atoms with Gasteiger partial charge in [0.25, 0.3) is 0 Å². The van der Waals surface area contributed by atoms with Crippen LogP contribution in [0.5, 0.6) is 5.75 Å². The molecule has 1 aromatic carbocycles. The maximum absolute atomic E-state index is 11.8. The van der Waals surface area contributed by atoms with Gasteiger partial charge in [-0.05, 0) is 32.9 Å². The maximum Gasteiger partial charge on any atom is 0.319 e. The summed E-state index contributed by atoms with van der Waals surface area (Å²) < 4.78 is 5.33. The monoisotopic (exact) mass is 280 g/mol. The van der Waals surface area contributed by atoms with Crippen LogP contribution < -0.4 is 15.4 Å². The minimum atomic E-state index is -0.964. The second-order valence-electron chi connectivity index (χ2n) is 4.99. The number of anilines is 1. The van der Waals surface area contributed by atoms with Gasteiger partial charge in [0.05, 0.1) is 13.0 Å². The Morgan fingerprint density at radius 1 is 1.35 bits per heavy atom. The number of aliphatic carboxylic acids is 1. The van der Waals surface area contributed by atoms with Gasteiger partial charge in [-0.3, -0.25) is 4.79 Å². The van der Waals surface area contributed by atoms with Crippen molar-refractivity contribution in [3.8, 4) is 5.75 Å². The molecular formula is C14H20N2O4. The van der Waals surface area contributed by atoms with E-state index in [-0.39, 0.29) is 6.42 Å². The van der Waals surface area contributed by atoms with Crippen molar-refractivity contribution in [3.63, 3.8) is 0 Å². The van der Waals surface area contributed by atoms with Crippen molar-refractivity contribution in [2.75, 3.05) is 11.9 Å². The molecule has 6 heteroatoms. The molecule has 0 aromatic heterocycles. The molecule has 1 aromatic rings. The molecule has 0 aliphatic rings. The van der Waals surface area contributed by atoms with Crippen molar-refractivity contribution in [2.45, 2.75) is 32.7 Å². The summed E-state index contributed by atoms with van der Waals surface area (Å²) in [5.74, 6) is -0.302. The summed E-state index contributed by atoms with van der Waals surface area (Å²) in [6, 6.07) is 6.54. The van der Waals surface area contributed by atoms with Crippen molar-refractivity contribution >= 4 is 17.7 Å². The lowest BCUT2D eigenvalue weighted by molar-refractivity contribution is -0.138. The van der Waals surface area contributed by atoms with Gasteiger partial charge in [0.15, 0.2) is 0 Å². The van der Waals surface area contributed by atoms with Gasteiger partial charge >= 0.3 is 12.0 Å². The quantitative estimate of drug-likeness (QED) is 0.747. The molecule has 0 atom stereocenters. The number of benzene rings is 1. The van der Waals surface area contributed by atoms with E-state index in [0.29, 0.717) is 18.0 Å². The highest BCUT2D eigenvalue weighted by molar-refractivity contribution is 5.90. The van der Waals surface area contributed by atoms with Crippen LogP contribution in [0.1, 0.15) is 27.2 Å². The van der Waals surface area contributed by atoms with E-state index in [0.717, 1.165) is 0 Å². The number of ether oxygens (including phenoxy) is 1. The lowest BCUT2D eigenvalue weighted by Gasteiger charge is -2.24. The van der Waals surface area contributed by atoms with Gasteiger partial charge in [0, 0.05) is 17.3 Å². The highest BCUT2D eigenvalue weighted by Gasteiger charge is 2.23. The highest BCUT2D eigenvalue weighted by Crippen LogP contribution is 2.17. The van der Waals surface area contributed by atoms with Crippen LogP contribution in [0.4, 0.5) is 10.5 Å². The van der Waals surface area contributed by atoms with E-state index in [4.69, 9.17) is 9.84 Å². The topological polar surface area (TPSA) is 87.7 Å². The fraction of sp³-hybridized carbons (Fsp3) is 0.429. The fourth-order valence-electron chi connectivity index (χ4n) is 1.72. The molecule has 0 saturated carbocycles. The minimum absolute atomic E-state index is 0.153. The third-order valence-corrected chi connectivity index (χ3v) is 2.45. The van der Waals surface area contributed by atoms with Crippen molar-refractivity contribution in [2.24, 2.45) is 0 Å². The number of urea groups is 1. The number of carbonyl (C=O) groups excluding carboxylic acids is 1. The number of amides is 2. The van der Waals surface area contributed by atoms with E-state index in [2.05, 4.69) is 10.6 Å². The predicted octanol–water partition coefficient (Wildman–Crippen LogP) is 2.46. The van der Waals surface area contributed by atoms with Crippen LogP contribution in [-0.2, 0) is 4.79 Å². The molecule has 2 amide bonds. The zero-order chi connectivity index (χ0) is 15.2. The Balaban J connectivity index is 2.62. The molecule has 6 nitrogen and oxygen atoms in total. The molecule has 20 heavy (non-hydrogen) atoms. The van der Waals surface area contributed by atoms with Crippen molar-refractivity contribution < 1.29 is 19.4 Å². The number of carbonyl (C=O) groups is 2. The summed E-state index contributed by atoms with van der Waals surface area (Å²) in [5, 5.41) is 14.0. The number of hydrogen-bond acceptors (Lipinski definition) is 3. The molecule has 3 N–H and O–H groups in total. The van der Waals surface area contributed by atoms with Crippen molar-refractivity contribution in [1.29, 1.82) is 0 Å². The Bertz CT molecular complexity index is 486. The first kappa shape index (κ1) is 15.8. The van der Waals surface area contributed by atoms with Crippen molar-refractivity contribution in [1.82, 2.24) is 5.32 Å². The summed E-state index contributed by atoms with van der Waals surface area (Å²) in [6.45, 7) is 5.72. The van der Waals surface area contributed by atoms with E-state index in [1.807, 2.05) is 6.92 Å². The second-order valence-corrected chi connectivity index (χ2v) is 4.99. The summed E-state index contributed by atoms with van der Waals surface area (Å²) >= 11 is 0. The SMILES string of the molecule is CCOc1cccc(NC(=O)NC(C)(C)CC(=O)O)c1. The number of hydrogen-bond donors (Lipinski definition) is 3. The zero-order valence-corrected chi connectivity index (χ0v) is 11.9. The molecule has 0 bridgehead atoms. The van der Waals surface area contributed by atoms with Crippen LogP contribution in [0.15, 0.2) is 24.3 Å². The molecule has 0 radical (unpaired) electrons. The van der Waals surface area contributed by atoms with Gasteiger partial charge < -0.3 is 20.5 Å². The fourth-order valence-corrected chi connectivity index (χ4v) is 1.72. The number of rotatable bonds is 6. The zero-order valence-electron chi connectivity index (χ0n) is 11.9. The van der Waals surface area contributed by atoms with Crippen LogP contribution in [0.25, 0.3) is 0 Å². The van der Waals surface area contributed by atoms with Gasteiger partial charge in [-0.1, -0.05) is 6.07 Å². The van der Waals surface area contributed by atoms with Gasteiger partial charge in [-0.2, -0.15) is 0 Å². The highest BCUT2D eigenvalue weighted by atomic mass is 16.5. The smallest absolute Gasteiger partial charge is 0.319 e. The lowest BCUT2D eigenvalue weighted by atomic mass is 10.0. The molecule has 1 rings (SSSR count). The molecule has 110 valence electrons. The maximum atomic E-state index is 11.8. The van der Waals surface area contributed by atoms with E-state index in [1.165, 1.54) is 0 Å². The van der Waals surface area contributed by atoms with Gasteiger partial charge in [-0.25, -0.2) is 4.79 Å². The van der Waals surface area contributed by atoms with Gasteiger partial charge in [0.1, 0.15) is 5.75 Å². The first-order chi connectivity index (χ1) is 9.32. The molecule has 0 aliphatic carbocycles. The van der Waals surface area contributed by atoms with Crippen molar-refractivity contribution in [3.05, 3.63) is 24.3 Å². The molecule has 0 aliphatic heterocycles. The standard InChI is InChI=1S/C14H20N2O4/c1-4-20-11-7-5-6-10(8-11)15-13(19)16-14(2,3)9-12(17)18/h5-8H,4,9H2,1-3H3,(H,17,18)(H2,15,16,19). The Morgan fingerprint density at radius 2 is 2.05 bits per heavy atom. The molecule has 0 unspecified atom stereocenters. The largest absolute Gasteiger partial charge is 0.494 e. The Labute approximate surface area is 118 Å². The van der Waals surface area contributed by atoms with Gasteiger partial charge in [-0.15, -0.1) is 0 Å². The summed E-state index contributed by atoms with van der Waals surface area (Å²) in [7, 11) is 0. The van der Waals surface area contributed by atoms with E-state index in [9.17, 15) is 9.59 Å². The predicted molar refractivity (Wildman–Crippen MR) is 76.1 cm³/mol. The van der Waals surface area contributed by atoms with Crippen LogP contribution in [0.2, 0.25) is 0 Å². The molecule has 0 saturated heterocycles. The summed E-state index contributed by atoms with van der Waals surface area (Å²) in [4.78, 5) is 22.5. The van der Waals surface area contributed by atoms with E-state index >= 15 is 0 Å². The summed E-state index contributed by atoms with van der Waals surface area (Å²) in [5.41, 5.74) is -0.243. The van der Waals surface area contributed by atoms with E-state index < -0.39 is 17.5 Å². The van der Waals surface area contributed by atoms with Crippen LogP contribution in [0.3, 0.4) is 0 Å². The average molecular weight is 280 g/mol. The molecule has 0 spiro atoms. The normalized spacial score (nSPS) is 10.8. The number of carboxylic acids is 1. The number of nitrogens with one attached hydrogen (secondary N) is 2. The molecule has 0 fully saturated rings. The third-order valence-electron chi connectivity index (χ3n) is 2.45.